The first-order chi connectivity index (χ1) is 18.6. The Labute approximate surface area is 224 Å². The third kappa shape index (κ3) is 4.61. The van der Waals surface area contributed by atoms with Gasteiger partial charge in [0.25, 0.3) is 5.56 Å². The molecule has 3 aromatic heterocycles. The second kappa shape index (κ2) is 9.92. The zero-order valence-corrected chi connectivity index (χ0v) is 20.9. The molecule has 0 N–H and O–H groups in total. The first-order valence-electron chi connectivity index (χ1n) is 11.5. The molecule has 3 heterocycles. The first-order valence-corrected chi connectivity index (χ1v) is 11.9. The molecule has 5 aromatic rings. The molecule has 0 bridgehead atoms. The van der Waals surface area contributed by atoms with Gasteiger partial charge >= 0.3 is 6.18 Å². The Kier molecular flexibility index (Phi) is 6.61. The van der Waals surface area contributed by atoms with Gasteiger partial charge in [-0.25, -0.2) is 9.97 Å². The van der Waals surface area contributed by atoms with E-state index in [1.165, 1.54) is 16.7 Å². The van der Waals surface area contributed by atoms with Crippen molar-refractivity contribution in [3.05, 3.63) is 111 Å². The SMILES string of the molecule is Cc1c(-c2ccn3c(=O)c(C=O)cnc3c2)cccc1-c1cccc(-c2ccc(C=O)c(C(F)(F)F)n2)c1Cl. The Morgan fingerprint density at radius 3 is 2.23 bits per heavy atom. The van der Waals surface area contributed by atoms with Crippen molar-refractivity contribution in [1.82, 2.24) is 14.4 Å². The number of fused-ring (bicyclic) bond motifs is 1. The summed E-state index contributed by atoms with van der Waals surface area (Å²) in [6.45, 7) is 1.88. The monoisotopic (exact) mass is 547 g/mol. The highest BCUT2D eigenvalue weighted by atomic mass is 35.5. The zero-order chi connectivity index (χ0) is 27.9. The lowest BCUT2D eigenvalue weighted by Crippen LogP contribution is -2.18. The van der Waals surface area contributed by atoms with Gasteiger partial charge in [0.1, 0.15) is 5.65 Å². The summed E-state index contributed by atoms with van der Waals surface area (Å²) in [7, 11) is 0. The molecule has 0 aliphatic heterocycles. The van der Waals surface area contributed by atoms with Crippen LogP contribution in [0.1, 0.15) is 32.0 Å². The minimum Gasteiger partial charge on any atom is -0.298 e. The van der Waals surface area contributed by atoms with Crippen LogP contribution in [0, 0.1) is 6.92 Å². The van der Waals surface area contributed by atoms with E-state index in [0.717, 1.165) is 28.3 Å². The van der Waals surface area contributed by atoms with E-state index in [9.17, 15) is 27.6 Å². The van der Waals surface area contributed by atoms with E-state index < -0.39 is 23.0 Å². The highest BCUT2D eigenvalue weighted by Gasteiger charge is 2.36. The van der Waals surface area contributed by atoms with Gasteiger partial charge in [0.05, 0.1) is 16.3 Å². The van der Waals surface area contributed by atoms with E-state index in [1.807, 2.05) is 25.1 Å². The second-order valence-corrected chi connectivity index (χ2v) is 9.05. The molecule has 0 aliphatic carbocycles. The van der Waals surface area contributed by atoms with Gasteiger partial charge in [0.15, 0.2) is 18.3 Å². The molecule has 0 fully saturated rings. The van der Waals surface area contributed by atoms with Crippen LogP contribution in [0.15, 0.2) is 77.9 Å². The highest BCUT2D eigenvalue weighted by Crippen LogP contribution is 2.40. The average molecular weight is 548 g/mol. The fourth-order valence-electron chi connectivity index (χ4n) is 4.46. The fraction of sp³-hybridized carbons (Fsp3) is 0.0690. The molecule has 0 amide bonds. The minimum atomic E-state index is -4.81. The van der Waals surface area contributed by atoms with Crippen LogP contribution in [0.2, 0.25) is 5.02 Å². The number of carbonyl (C=O) groups is 2. The van der Waals surface area contributed by atoms with Gasteiger partial charge in [-0.2, -0.15) is 13.2 Å². The lowest BCUT2D eigenvalue weighted by Gasteiger charge is -2.16. The molecule has 0 spiro atoms. The number of alkyl halides is 3. The maximum atomic E-state index is 13.5. The number of nitrogens with zero attached hydrogens (tertiary/aromatic N) is 3. The summed E-state index contributed by atoms with van der Waals surface area (Å²) in [5.74, 6) is 0. The van der Waals surface area contributed by atoms with Gasteiger partial charge in [-0.15, -0.1) is 0 Å². The van der Waals surface area contributed by atoms with Gasteiger partial charge in [-0.1, -0.05) is 48.0 Å². The number of rotatable bonds is 5. The molecule has 0 saturated carbocycles. The Morgan fingerprint density at radius 1 is 0.872 bits per heavy atom. The van der Waals surface area contributed by atoms with Crippen molar-refractivity contribution in [3.63, 3.8) is 0 Å². The number of hydrogen-bond acceptors (Lipinski definition) is 5. The molecule has 5 rings (SSSR count). The van der Waals surface area contributed by atoms with E-state index in [2.05, 4.69) is 9.97 Å². The normalized spacial score (nSPS) is 11.5. The predicted octanol–water partition coefficient (Wildman–Crippen LogP) is 6.70. The number of aldehydes is 2. The van der Waals surface area contributed by atoms with E-state index in [1.54, 1.807) is 36.5 Å². The molecule has 2 aromatic carbocycles. The number of pyridine rings is 2. The smallest absolute Gasteiger partial charge is 0.298 e. The van der Waals surface area contributed by atoms with Gasteiger partial charge in [-0.05, 0) is 53.4 Å². The van der Waals surface area contributed by atoms with Crippen molar-refractivity contribution in [1.29, 1.82) is 0 Å². The minimum absolute atomic E-state index is 0.0191. The molecule has 194 valence electrons. The second-order valence-electron chi connectivity index (χ2n) is 8.68. The largest absolute Gasteiger partial charge is 0.434 e. The standard InChI is InChI=1S/C29H17ClF3N3O3/c1-16-20(17-10-11-36-25(12-17)34-13-19(15-38)28(36)39)4-2-5-21(16)22-6-3-7-23(26(22)30)24-9-8-18(14-37)27(35-24)29(31,32)33/h2-15H,1H3. The van der Waals surface area contributed by atoms with Crippen LogP contribution in [-0.2, 0) is 6.18 Å². The molecule has 0 aliphatic rings. The van der Waals surface area contributed by atoms with E-state index in [-0.39, 0.29) is 28.1 Å². The van der Waals surface area contributed by atoms with Gasteiger partial charge in [0.2, 0.25) is 0 Å². The molecule has 39 heavy (non-hydrogen) atoms. The van der Waals surface area contributed by atoms with Crippen LogP contribution in [0.4, 0.5) is 13.2 Å². The number of carbonyl (C=O) groups excluding carboxylic acids is 2. The quantitative estimate of drug-likeness (QED) is 0.229. The van der Waals surface area contributed by atoms with Crippen LogP contribution < -0.4 is 5.56 Å². The van der Waals surface area contributed by atoms with Crippen LogP contribution in [0.3, 0.4) is 0 Å². The Balaban J connectivity index is 1.62. The van der Waals surface area contributed by atoms with E-state index in [0.29, 0.717) is 17.5 Å². The molecular weight excluding hydrogens is 531 g/mol. The molecule has 0 unspecified atom stereocenters. The van der Waals surface area contributed by atoms with Crippen LogP contribution in [-0.4, -0.2) is 26.9 Å². The van der Waals surface area contributed by atoms with Crippen molar-refractivity contribution < 1.29 is 22.8 Å². The maximum Gasteiger partial charge on any atom is 0.434 e. The molecule has 0 saturated heterocycles. The molecule has 10 heteroatoms. The fourth-order valence-corrected chi connectivity index (χ4v) is 4.78. The Morgan fingerprint density at radius 2 is 1.54 bits per heavy atom. The Bertz CT molecular complexity index is 1850. The number of benzene rings is 2. The van der Waals surface area contributed by atoms with Crippen LogP contribution in [0.25, 0.3) is 39.2 Å². The summed E-state index contributed by atoms with van der Waals surface area (Å²) in [6, 6.07) is 16.4. The van der Waals surface area contributed by atoms with Crippen molar-refractivity contribution in [3.8, 4) is 33.5 Å². The summed E-state index contributed by atoms with van der Waals surface area (Å²) >= 11 is 6.75. The number of aromatic nitrogens is 3. The Hall–Kier alpha value is -4.63. The van der Waals surface area contributed by atoms with Crippen molar-refractivity contribution in [2.75, 3.05) is 0 Å². The van der Waals surface area contributed by atoms with Crippen LogP contribution in [0.5, 0.6) is 0 Å². The van der Waals surface area contributed by atoms with Gasteiger partial charge in [0, 0.05) is 29.1 Å². The third-order valence-corrected chi connectivity index (χ3v) is 6.80. The molecular formula is C29H17ClF3N3O3. The summed E-state index contributed by atoms with van der Waals surface area (Å²) in [4.78, 5) is 42.5. The average Bonchev–Trinajstić information content (AvgIpc) is 2.93. The van der Waals surface area contributed by atoms with Gasteiger partial charge in [-0.3, -0.25) is 18.8 Å². The van der Waals surface area contributed by atoms with E-state index in [4.69, 9.17) is 11.6 Å². The van der Waals surface area contributed by atoms with Crippen molar-refractivity contribution in [2.24, 2.45) is 0 Å². The lowest BCUT2D eigenvalue weighted by atomic mass is 9.92. The molecule has 0 atom stereocenters. The van der Waals surface area contributed by atoms with Gasteiger partial charge < -0.3 is 0 Å². The summed E-state index contributed by atoms with van der Waals surface area (Å²) in [6.07, 6.45) is -1.47. The van der Waals surface area contributed by atoms with Crippen molar-refractivity contribution >= 4 is 29.8 Å². The first kappa shape index (κ1) is 26.0. The number of hydrogen-bond donors (Lipinski definition) is 0. The van der Waals surface area contributed by atoms with Crippen LogP contribution >= 0.6 is 11.6 Å². The van der Waals surface area contributed by atoms with Crippen molar-refractivity contribution in [2.45, 2.75) is 13.1 Å². The summed E-state index contributed by atoms with van der Waals surface area (Å²) < 4.78 is 41.8. The topological polar surface area (TPSA) is 81.4 Å². The number of halogens is 4. The summed E-state index contributed by atoms with van der Waals surface area (Å²) in [5.41, 5.74) is 1.98. The highest BCUT2D eigenvalue weighted by molar-refractivity contribution is 6.36. The molecule has 6 nitrogen and oxygen atoms in total. The van der Waals surface area contributed by atoms with E-state index >= 15 is 0 Å². The predicted molar refractivity (Wildman–Crippen MR) is 141 cm³/mol. The maximum absolute atomic E-state index is 13.5. The lowest BCUT2D eigenvalue weighted by molar-refractivity contribution is -0.141. The zero-order valence-electron chi connectivity index (χ0n) is 20.2. The summed E-state index contributed by atoms with van der Waals surface area (Å²) in [5, 5.41) is 0.199. The molecule has 0 radical (unpaired) electrons. The third-order valence-electron chi connectivity index (χ3n) is 6.39.